The molecule has 0 spiro atoms. The Balaban J connectivity index is 1.79. The van der Waals surface area contributed by atoms with Gasteiger partial charge in [0.05, 0.1) is 7.59 Å². The minimum atomic E-state index is -1.39. The number of rotatable bonds is 5. The van der Waals surface area contributed by atoms with Crippen molar-refractivity contribution in [2.75, 3.05) is 6.61 Å². The molecule has 0 aromatic heterocycles. The van der Waals surface area contributed by atoms with Crippen LogP contribution < -0.4 is 0 Å². The van der Waals surface area contributed by atoms with Crippen LogP contribution in [0.4, 0.5) is 0 Å². The lowest BCUT2D eigenvalue weighted by atomic mass is 9.96. The molecule has 17 heavy (non-hydrogen) atoms. The van der Waals surface area contributed by atoms with Gasteiger partial charge in [-0.25, -0.2) is 0 Å². The molecule has 0 heterocycles. The Morgan fingerprint density at radius 2 is 1.88 bits per heavy atom. The summed E-state index contributed by atoms with van der Waals surface area (Å²) in [6.07, 6.45) is 8.11. The third-order valence-corrected chi connectivity index (χ3v) is 20.9. The van der Waals surface area contributed by atoms with Crippen molar-refractivity contribution in [3.8, 4) is 0 Å². The fourth-order valence-corrected chi connectivity index (χ4v) is 5.52. The fourth-order valence-electron chi connectivity index (χ4n) is 2.87. The third-order valence-electron chi connectivity index (χ3n) is 5.11. The van der Waals surface area contributed by atoms with Gasteiger partial charge >= 0.3 is 0 Å². The lowest BCUT2D eigenvalue weighted by molar-refractivity contribution is 0.317. The molecule has 0 aromatic rings. The van der Waals surface area contributed by atoms with Crippen LogP contribution >= 0.6 is 0 Å². The van der Waals surface area contributed by atoms with E-state index in [1.54, 1.807) is 5.57 Å². The van der Waals surface area contributed by atoms with Gasteiger partial charge in [0.25, 0.3) is 0 Å². The van der Waals surface area contributed by atoms with Gasteiger partial charge in [0.15, 0.2) is 7.83 Å². The van der Waals surface area contributed by atoms with Gasteiger partial charge < -0.3 is 4.43 Å². The maximum absolute atomic E-state index is 6.32. The van der Waals surface area contributed by atoms with Gasteiger partial charge in [0.2, 0.25) is 0 Å². The molecule has 98 valence electrons. The molecule has 2 aliphatic carbocycles. The largest absolute Gasteiger partial charge is 0.420 e. The molecule has 0 amide bonds. The molecule has 0 radical (unpaired) electrons. The molecule has 0 aliphatic heterocycles. The van der Waals surface area contributed by atoms with E-state index in [1.165, 1.54) is 25.7 Å². The molecule has 3 heteroatoms. The fraction of sp³-hybridized carbons (Fsp3) is 0.857. The Hall–Kier alpha value is 0.134. The lowest BCUT2D eigenvalue weighted by Gasteiger charge is -2.35. The molecule has 0 saturated heterocycles. The Kier molecular flexibility index (Phi) is 3.72. The standard InChI is InChI=1S/C14H28OSi2/c1-16(2,3)17(4,5)15-9-8-14-11-12-6-7-13(14)10-12/h11-13H,6-10H2,1-5H3. The molecule has 2 bridgehead atoms. The average molecular weight is 269 g/mol. The highest BCUT2D eigenvalue weighted by molar-refractivity contribution is 7.37. The summed E-state index contributed by atoms with van der Waals surface area (Å²) < 4.78 is 6.32. The smallest absolute Gasteiger partial charge is 0.173 e. The van der Waals surface area contributed by atoms with E-state index in [4.69, 9.17) is 4.43 Å². The van der Waals surface area contributed by atoms with Crippen LogP contribution in [-0.4, -0.2) is 22.0 Å². The monoisotopic (exact) mass is 268 g/mol. The SMILES string of the molecule is C[Si](C)(C)[Si](C)(C)OCCC1=CC2CCC1C2. The summed E-state index contributed by atoms with van der Waals surface area (Å²) in [5.41, 5.74) is 1.72. The predicted molar refractivity (Wildman–Crippen MR) is 80.3 cm³/mol. The van der Waals surface area contributed by atoms with Crippen molar-refractivity contribution in [2.45, 2.75) is 58.4 Å². The zero-order valence-corrected chi connectivity index (χ0v) is 14.2. The van der Waals surface area contributed by atoms with Crippen LogP contribution in [0.25, 0.3) is 0 Å². The summed E-state index contributed by atoms with van der Waals surface area (Å²) >= 11 is 0. The highest BCUT2D eigenvalue weighted by Gasteiger charge is 2.39. The van der Waals surface area contributed by atoms with Crippen molar-refractivity contribution in [1.82, 2.24) is 0 Å². The molecule has 1 saturated carbocycles. The van der Waals surface area contributed by atoms with Crippen molar-refractivity contribution >= 4 is 15.4 Å². The normalized spacial score (nSPS) is 28.6. The van der Waals surface area contributed by atoms with Crippen LogP contribution in [0, 0.1) is 11.8 Å². The van der Waals surface area contributed by atoms with Crippen LogP contribution in [0.5, 0.6) is 0 Å². The average Bonchev–Trinajstić information content (AvgIpc) is 2.76. The maximum Gasteiger partial charge on any atom is 0.173 e. The Morgan fingerprint density at radius 3 is 2.35 bits per heavy atom. The van der Waals surface area contributed by atoms with Crippen LogP contribution in [-0.2, 0) is 4.43 Å². The van der Waals surface area contributed by atoms with Crippen molar-refractivity contribution in [1.29, 1.82) is 0 Å². The van der Waals surface area contributed by atoms with Crippen molar-refractivity contribution < 1.29 is 4.43 Å². The summed E-state index contributed by atoms with van der Waals surface area (Å²) in [6.45, 7) is 13.2. The Bertz CT molecular complexity index is 315. The molecule has 2 aliphatic rings. The first-order valence-electron chi connectivity index (χ1n) is 7.14. The van der Waals surface area contributed by atoms with E-state index in [0.29, 0.717) is 0 Å². The first kappa shape index (κ1) is 13.6. The summed E-state index contributed by atoms with van der Waals surface area (Å²) in [4.78, 5) is 0. The van der Waals surface area contributed by atoms with E-state index in [0.717, 1.165) is 18.4 Å². The Morgan fingerprint density at radius 1 is 1.18 bits per heavy atom. The van der Waals surface area contributed by atoms with Gasteiger partial charge in [-0.05, 0) is 50.6 Å². The van der Waals surface area contributed by atoms with Gasteiger partial charge in [-0.15, -0.1) is 0 Å². The molecule has 2 rings (SSSR count). The predicted octanol–water partition coefficient (Wildman–Crippen LogP) is 4.37. The highest BCUT2D eigenvalue weighted by atomic mass is 29.3. The molecule has 2 atom stereocenters. The molecule has 0 N–H and O–H groups in total. The maximum atomic E-state index is 6.32. The van der Waals surface area contributed by atoms with E-state index in [1.807, 2.05) is 0 Å². The molecular weight excluding hydrogens is 240 g/mol. The quantitative estimate of drug-likeness (QED) is 0.531. The van der Waals surface area contributed by atoms with Gasteiger partial charge in [0.1, 0.15) is 0 Å². The minimum absolute atomic E-state index is 0.928. The summed E-state index contributed by atoms with van der Waals surface area (Å²) in [6, 6.07) is 0. The van der Waals surface area contributed by atoms with Crippen molar-refractivity contribution in [3.05, 3.63) is 11.6 Å². The van der Waals surface area contributed by atoms with Crippen LogP contribution in [0.1, 0.15) is 25.7 Å². The van der Waals surface area contributed by atoms with E-state index >= 15 is 0 Å². The molecular formula is C14H28OSi2. The van der Waals surface area contributed by atoms with Gasteiger partial charge in [0, 0.05) is 6.61 Å². The number of hydrogen-bond acceptors (Lipinski definition) is 1. The van der Waals surface area contributed by atoms with Gasteiger partial charge in [-0.2, -0.15) is 0 Å². The first-order chi connectivity index (χ1) is 7.79. The molecule has 1 fully saturated rings. The molecule has 0 aromatic carbocycles. The minimum Gasteiger partial charge on any atom is -0.420 e. The molecule has 1 nitrogen and oxygen atoms in total. The van der Waals surface area contributed by atoms with Gasteiger partial charge in [-0.1, -0.05) is 31.3 Å². The van der Waals surface area contributed by atoms with E-state index in [2.05, 4.69) is 38.8 Å². The van der Waals surface area contributed by atoms with Crippen LogP contribution in [0.3, 0.4) is 0 Å². The van der Waals surface area contributed by atoms with Crippen LogP contribution in [0.15, 0.2) is 11.6 Å². The summed E-state index contributed by atoms with van der Waals surface area (Å²) in [5.74, 6) is 1.86. The first-order valence-corrected chi connectivity index (χ1v) is 14.5. The second kappa shape index (κ2) is 4.67. The second-order valence-corrected chi connectivity index (χ2v) is 23.3. The number of hydrogen-bond donors (Lipinski definition) is 0. The Labute approximate surface area is 109 Å². The zero-order chi connectivity index (χ0) is 12.7. The van der Waals surface area contributed by atoms with E-state index in [-0.39, 0.29) is 0 Å². The lowest BCUT2D eigenvalue weighted by Crippen LogP contribution is -2.54. The molecule has 2 unspecified atom stereocenters. The number of fused-ring (bicyclic) bond motifs is 2. The van der Waals surface area contributed by atoms with E-state index < -0.39 is 15.4 Å². The highest BCUT2D eigenvalue weighted by Crippen LogP contribution is 2.44. The zero-order valence-electron chi connectivity index (χ0n) is 12.2. The second-order valence-electron chi connectivity index (χ2n) is 7.37. The summed E-state index contributed by atoms with van der Waals surface area (Å²) in [7, 11) is -2.47. The van der Waals surface area contributed by atoms with Gasteiger partial charge in [-0.3, -0.25) is 0 Å². The summed E-state index contributed by atoms with van der Waals surface area (Å²) in [5, 5.41) is 0. The third kappa shape index (κ3) is 2.94. The topological polar surface area (TPSA) is 9.23 Å². The number of allylic oxidation sites excluding steroid dienone is 1. The van der Waals surface area contributed by atoms with Crippen molar-refractivity contribution in [2.24, 2.45) is 11.8 Å². The van der Waals surface area contributed by atoms with Crippen molar-refractivity contribution in [3.63, 3.8) is 0 Å². The van der Waals surface area contributed by atoms with Crippen LogP contribution in [0.2, 0.25) is 32.7 Å². The van der Waals surface area contributed by atoms with E-state index in [9.17, 15) is 0 Å².